The molecule has 0 saturated carbocycles. The van der Waals surface area contributed by atoms with E-state index in [9.17, 15) is 13.0 Å². The van der Waals surface area contributed by atoms with Crippen molar-refractivity contribution in [2.45, 2.75) is 116 Å². The van der Waals surface area contributed by atoms with Crippen molar-refractivity contribution in [3.05, 3.63) is 0 Å². The maximum atomic E-state index is 11.9. The minimum absolute atomic E-state index is 0.0776. The van der Waals surface area contributed by atoms with Gasteiger partial charge in [0.2, 0.25) is 0 Å². The first kappa shape index (κ1) is 29.1. The lowest BCUT2D eigenvalue weighted by molar-refractivity contribution is 0.197. The Balaban J connectivity index is 3.33. The second kappa shape index (κ2) is 18.8. The second-order valence-corrected chi connectivity index (χ2v) is 11.7. The van der Waals surface area contributed by atoms with E-state index in [1.54, 1.807) is 0 Å². The average molecular weight is 457 g/mol. The third-order valence-corrected chi connectivity index (χ3v) is 7.51. The smallest absolute Gasteiger partial charge is 0.303 e. The lowest BCUT2D eigenvalue weighted by atomic mass is 10.0. The first-order valence-electron chi connectivity index (χ1n) is 11.7. The lowest BCUT2D eigenvalue weighted by Crippen LogP contribution is -2.12. The Morgan fingerprint density at radius 1 is 0.621 bits per heavy atom. The van der Waals surface area contributed by atoms with Crippen molar-refractivity contribution >= 4 is 17.7 Å². The molecule has 8 heteroatoms. The molecule has 0 heterocycles. The van der Waals surface area contributed by atoms with Gasteiger partial charge in [-0.25, -0.2) is 13.0 Å². The van der Waals surface area contributed by atoms with Crippen molar-refractivity contribution < 1.29 is 27.3 Å². The molecule has 0 fully saturated rings. The molecule has 0 aliphatic carbocycles. The Bertz CT molecular complexity index is 503. The van der Waals surface area contributed by atoms with Crippen molar-refractivity contribution in [2.24, 2.45) is 0 Å². The van der Waals surface area contributed by atoms with Crippen LogP contribution in [0.2, 0.25) is 0 Å². The summed E-state index contributed by atoms with van der Waals surface area (Å²) in [6.07, 6.45) is 20.2. The van der Waals surface area contributed by atoms with Crippen LogP contribution in [-0.4, -0.2) is 36.3 Å². The predicted octanol–water partition coefficient (Wildman–Crippen LogP) is 6.16. The summed E-state index contributed by atoms with van der Waals surface area (Å²) in [5.74, 6) is 0.0765. The third kappa shape index (κ3) is 24.2. The molecule has 0 aromatic rings. The molecule has 0 bridgehead atoms. The average Bonchev–Trinajstić information content (AvgIpc) is 2.64. The molecule has 0 amide bonds. The van der Waals surface area contributed by atoms with Crippen LogP contribution in [-0.2, 0) is 18.9 Å². The molecule has 0 aromatic heterocycles. The van der Waals surface area contributed by atoms with E-state index in [4.69, 9.17) is 9.79 Å². The summed E-state index contributed by atoms with van der Waals surface area (Å²) in [4.78, 5) is 17.1. The number of phosphoric acid groups is 1. The highest BCUT2D eigenvalue weighted by molar-refractivity contribution is 7.91. The number of rotatable bonds is 22. The summed E-state index contributed by atoms with van der Waals surface area (Å²) < 4.78 is 38.5. The normalized spacial score (nSPS) is 12.5. The number of phosphoric ester groups is 1. The zero-order valence-electron chi connectivity index (χ0n) is 18.5. The van der Waals surface area contributed by atoms with Crippen LogP contribution < -0.4 is 0 Å². The molecule has 6 nitrogen and oxygen atoms in total. The Hall–Kier alpha value is 0.0600. The fraction of sp³-hybridized carbons (Fsp3) is 1.00. The Morgan fingerprint density at radius 2 is 0.966 bits per heavy atom. The minimum Gasteiger partial charge on any atom is -0.303 e. The Labute approximate surface area is 179 Å². The van der Waals surface area contributed by atoms with Gasteiger partial charge in [-0.05, 0) is 12.8 Å². The molecule has 0 aliphatic rings. The van der Waals surface area contributed by atoms with Gasteiger partial charge in [0.25, 0.3) is 0 Å². The first-order chi connectivity index (χ1) is 13.8. The molecule has 0 atom stereocenters. The van der Waals surface area contributed by atoms with E-state index < -0.39 is 17.7 Å². The van der Waals surface area contributed by atoms with Gasteiger partial charge in [-0.2, -0.15) is 0 Å². The van der Waals surface area contributed by atoms with Crippen LogP contribution in [0.5, 0.6) is 0 Å². The fourth-order valence-corrected chi connectivity index (χ4v) is 5.21. The summed E-state index contributed by atoms with van der Waals surface area (Å²) >= 11 is 0. The van der Waals surface area contributed by atoms with Crippen LogP contribution in [0.3, 0.4) is 0 Å². The van der Waals surface area contributed by atoms with Gasteiger partial charge in [0.1, 0.15) is 9.84 Å². The molecule has 0 aliphatic heterocycles. The highest BCUT2D eigenvalue weighted by Crippen LogP contribution is 2.35. The van der Waals surface area contributed by atoms with Crippen LogP contribution in [0.1, 0.15) is 116 Å². The van der Waals surface area contributed by atoms with Gasteiger partial charge in [-0.1, -0.05) is 103 Å². The van der Waals surface area contributed by atoms with Crippen molar-refractivity contribution in [2.75, 3.05) is 18.1 Å². The van der Waals surface area contributed by atoms with Crippen LogP contribution in [0.15, 0.2) is 0 Å². The van der Waals surface area contributed by atoms with Gasteiger partial charge in [0.05, 0.1) is 18.1 Å². The molecule has 0 saturated heterocycles. The van der Waals surface area contributed by atoms with E-state index in [2.05, 4.69) is 11.4 Å². The van der Waals surface area contributed by atoms with E-state index in [0.29, 0.717) is 6.42 Å². The summed E-state index contributed by atoms with van der Waals surface area (Å²) in [6, 6.07) is 0. The Morgan fingerprint density at radius 3 is 1.34 bits per heavy atom. The maximum absolute atomic E-state index is 11.9. The topological polar surface area (TPSA) is 101 Å². The van der Waals surface area contributed by atoms with E-state index in [-0.39, 0.29) is 24.5 Å². The minimum atomic E-state index is -4.50. The van der Waals surface area contributed by atoms with Gasteiger partial charge in [-0.3, -0.25) is 4.52 Å². The molecule has 29 heavy (non-hydrogen) atoms. The lowest BCUT2D eigenvalue weighted by Gasteiger charge is -2.06. The molecular weight excluding hydrogens is 411 g/mol. The quantitative estimate of drug-likeness (QED) is 0.149. The largest absolute Gasteiger partial charge is 0.469 e. The SMILES string of the molecule is CCCCCCCCCCCCCCCCCCS(=O)(=O)CCCOP(=O)(O)O. The number of sulfone groups is 1. The molecule has 0 spiro atoms. The predicted molar refractivity (Wildman–Crippen MR) is 121 cm³/mol. The molecular formula is C21H45O6PS. The van der Waals surface area contributed by atoms with Crippen molar-refractivity contribution in [3.63, 3.8) is 0 Å². The number of unbranched alkanes of at least 4 members (excludes halogenated alkanes) is 15. The van der Waals surface area contributed by atoms with E-state index in [0.717, 1.165) is 12.8 Å². The van der Waals surface area contributed by atoms with Crippen LogP contribution in [0, 0.1) is 0 Å². The summed E-state index contributed by atoms with van der Waals surface area (Å²) in [7, 11) is -7.65. The second-order valence-electron chi connectivity index (χ2n) is 8.13. The highest BCUT2D eigenvalue weighted by atomic mass is 32.2. The summed E-state index contributed by atoms with van der Waals surface area (Å²) in [5, 5.41) is 0. The van der Waals surface area contributed by atoms with Crippen LogP contribution >= 0.6 is 7.82 Å². The number of hydrogen-bond acceptors (Lipinski definition) is 4. The van der Waals surface area contributed by atoms with Gasteiger partial charge >= 0.3 is 7.82 Å². The van der Waals surface area contributed by atoms with Gasteiger partial charge in [0, 0.05) is 0 Å². The third-order valence-electron chi connectivity index (χ3n) is 5.17. The molecule has 2 N–H and O–H groups in total. The van der Waals surface area contributed by atoms with Crippen LogP contribution in [0.25, 0.3) is 0 Å². The van der Waals surface area contributed by atoms with Crippen molar-refractivity contribution in [3.8, 4) is 0 Å². The van der Waals surface area contributed by atoms with E-state index >= 15 is 0 Å². The van der Waals surface area contributed by atoms with E-state index in [1.807, 2.05) is 0 Å². The summed E-state index contributed by atoms with van der Waals surface area (Å²) in [6.45, 7) is 2.02. The highest BCUT2D eigenvalue weighted by Gasteiger charge is 2.15. The first-order valence-corrected chi connectivity index (χ1v) is 15.0. The molecule has 0 unspecified atom stereocenters. The molecule has 0 rings (SSSR count). The zero-order valence-corrected chi connectivity index (χ0v) is 20.2. The standard InChI is InChI=1S/C21H45O6PS/c1-2-3-4-5-6-7-8-9-10-11-12-13-14-15-16-17-20-29(25,26)21-18-19-27-28(22,23)24/h2-21H2,1H3,(H2,22,23,24). The van der Waals surface area contributed by atoms with Gasteiger partial charge < -0.3 is 9.79 Å². The monoisotopic (exact) mass is 456 g/mol. The fourth-order valence-electron chi connectivity index (χ4n) is 3.43. The summed E-state index contributed by atoms with van der Waals surface area (Å²) in [5.41, 5.74) is 0. The van der Waals surface area contributed by atoms with Gasteiger partial charge in [0.15, 0.2) is 0 Å². The molecule has 176 valence electrons. The molecule has 0 radical (unpaired) electrons. The Kier molecular flexibility index (Phi) is 18.8. The number of hydrogen-bond donors (Lipinski definition) is 2. The van der Waals surface area contributed by atoms with Crippen molar-refractivity contribution in [1.82, 2.24) is 0 Å². The zero-order chi connectivity index (χ0) is 21.8. The van der Waals surface area contributed by atoms with Gasteiger partial charge in [-0.15, -0.1) is 0 Å². The van der Waals surface area contributed by atoms with Crippen molar-refractivity contribution in [1.29, 1.82) is 0 Å². The van der Waals surface area contributed by atoms with Crippen LogP contribution in [0.4, 0.5) is 0 Å². The van der Waals surface area contributed by atoms with E-state index in [1.165, 1.54) is 83.5 Å². The molecule has 0 aromatic carbocycles. The maximum Gasteiger partial charge on any atom is 0.469 e.